The van der Waals surface area contributed by atoms with Gasteiger partial charge in [-0.3, -0.25) is 9.69 Å². The van der Waals surface area contributed by atoms with Gasteiger partial charge in [0.15, 0.2) is 0 Å². The number of benzene rings is 1. The van der Waals surface area contributed by atoms with E-state index in [9.17, 15) is 18.0 Å². The standard InChI is InChI=1S/C19H28F3N3O/c1-4-14(2)24(3)13-18(26)23-16-12-15(19(20,21)22)8-9-17(16)25-10-6-5-7-11-25/h8-9,12,14H,4-7,10-11,13H2,1-3H3,(H,23,26). The topological polar surface area (TPSA) is 35.6 Å². The Morgan fingerprint density at radius 3 is 2.50 bits per heavy atom. The molecule has 1 unspecified atom stereocenters. The molecule has 26 heavy (non-hydrogen) atoms. The van der Waals surface area contributed by atoms with Gasteiger partial charge in [-0.15, -0.1) is 0 Å². The van der Waals surface area contributed by atoms with Crippen LogP contribution in [0.15, 0.2) is 18.2 Å². The summed E-state index contributed by atoms with van der Waals surface area (Å²) in [6.45, 7) is 5.77. The number of carbonyl (C=O) groups is 1. The summed E-state index contributed by atoms with van der Waals surface area (Å²) in [4.78, 5) is 16.3. The number of anilines is 2. The van der Waals surface area contributed by atoms with Gasteiger partial charge < -0.3 is 10.2 Å². The first-order valence-corrected chi connectivity index (χ1v) is 9.18. The number of hydrogen-bond acceptors (Lipinski definition) is 3. The van der Waals surface area contributed by atoms with E-state index in [0.29, 0.717) is 5.69 Å². The van der Waals surface area contributed by atoms with Crippen molar-refractivity contribution in [3.05, 3.63) is 23.8 Å². The van der Waals surface area contributed by atoms with Gasteiger partial charge in [-0.2, -0.15) is 13.2 Å². The fourth-order valence-electron chi connectivity index (χ4n) is 3.11. The van der Waals surface area contributed by atoms with E-state index < -0.39 is 11.7 Å². The average molecular weight is 371 g/mol. The summed E-state index contributed by atoms with van der Waals surface area (Å²) in [6, 6.07) is 3.83. The lowest BCUT2D eigenvalue weighted by Gasteiger charge is -2.31. The molecule has 4 nitrogen and oxygen atoms in total. The molecule has 146 valence electrons. The van der Waals surface area contributed by atoms with Gasteiger partial charge in [0.05, 0.1) is 23.5 Å². The monoisotopic (exact) mass is 371 g/mol. The van der Waals surface area contributed by atoms with Crippen LogP contribution >= 0.6 is 0 Å². The third-order valence-electron chi connectivity index (χ3n) is 5.03. The fourth-order valence-corrected chi connectivity index (χ4v) is 3.11. The van der Waals surface area contributed by atoms with Crippen molar-refractivity contribution in [1.29, 1.82) is 0 Å². The molecule has 1 aromatic carbocycles. The van der Waals surface area contributed by atoms with Crippen LogP contribution in [-0.4, -0.2) is 43.5 Å². The van der Waals surface area contributed by atoms with Crippen molar-refractivity contribution in [1.82, 2.24) is 4.90 Å². The van der Waals surface area contributed by atoms with Crippen LogP contribution < -0.4 is 10.2 Å². The van der Waals surface area contributed by atoms with Crippen molar-refractivity contribution in [2.75, 3.05) is 36.9 Å². The third-order valence-corrected chi connectivity index (χ3v) is 5.03. The predicted octanol–water partition coefficient (Wildman–Crippen LogP) is 4.36. The zero-order valence-electron chi connectivity index (χ0n) is 15.7. The molecule has 0 aliphatic carbocycles. The van der Waals surface area contributed by atoms with Crippen molar-refractivity contribution < 1.29 is 18.0 Å². The number of likely N-dealkylation sites (N-methyl/N-ethyl adjacent to an activating group) is 1. The van der Waals surface area contributed by atoms with E-state index in [4.69, 9.17) is 0 Å². The summed E-state index contributed by atoms with van der Waals surface area (Å²) in [5.74, 6) is -0.301. The van der Waals surface area contributed by atoms with Gasteiger partial charge in [0.2, 0.25) is 5.91 Å². The maximum atomic E-state index is 13.1. The number of amides is 1. The number of rotatable bonds is 6. The number of carbonyl (C=O) groups excluding carboxylic acids is 1. The molecule has 0 spiro atoms. The van der Waals surface area contributed by atoms with E-state index >= 15 is 0 Å². The van der Waals surface area contributed by atoms with Crippen LogP contribution in [-0.2, 0) is 11.0 Å². The first-order chi connectivity index (χ1) is 12.2. The minimum atomic E-state index is -4.44. The van der Waals surface area contributed by atoms with Crippen LogP contribution in [0.5, 0.6) is 0 Å². The van der Waals surface area contributed by atoms with E-state index in [1.807, 2.05) is 25.8 Å². The zero-order chi connectivity index (χ0) is 19.3. The third kappa shape index (κ3) is 5.37. The highest BCUT2D eigenvalue weighted by Gasteiger charge is 2.32. The maximum absolute atomic E-state index is 13.1. The molecule has 1 saturated heterocycles. The SMILES string of the molecule is CCC(C)N(C)CC(=O)Nc1cc(C(F)(F)F)ccc1N1CCCCC1. The quantitative estimate of drug-likeness (QED) is 0.807. The molecule has 2 rings (SSSR count). The summed E-state index contributed by atoms with van der Waals surface area (Å²) in [6.07, 6.45) is -0.408. The molecule has 1 atom stereocenters. The number of alkyl halides is 3. The van der Waals surface area contributed by atoms with Crippen LogP contribution in [0.3, 0.4) is 0 Å². The van der Waals surface area contributed by atoms with E-state index in [1.165, 1.54) is 6.07 Å². The lowest BCUT2D eigenvalue weighted by atomic mass is 10.1. The van der Waals surface area contributed by atoms with Crippen molar-refractivity contribution >= 4 is 17.3 Å². The molecule has 0 aromatic heterocycles. The fraction of sp³-hybridized carbons (Fsp3) is 0.632. The first kappa shape index (κ1) is 20.6. The second kappa shape index (κ2) is 8.75. The van der Waals surface area contributed by atoms with Crippen LogP contribution in [0.25, 0.3) is 0 Å². The van der Waals surface area contributed by atoms with Gasteiger partial charge in [0, 0.05) is 19.1 Å². The Hall–Kier alpha value is -1.76. The lowest BCUT2D eigenvalue weighted by Crippen LogP contribution is -2.36. The van der Waals surface area contributed by atoms with Gasteiger partial charge in [0.1, 0.15) is 0 Å². The molecule has 7 heteroatoms. The Bertz CT molecular complexity index is 613. The molecule has 1 aliphatic rings. The predicted molar refractivity (Wildman–Crippen MR) is 98.5 cm³/mol. The molecule has 1 N–H and O–H groups in total. The highest BCUT2D eigenvalue weighted by Crippen LogP contribution is 2.36. The second-order valence-electron chi connectivity index (χ2n) is 7.00. The average Bonchev–Trinajstić information content (AvgIpc) is 2.60. The van der Waals surface area contributed by atoms with Crippen LogP contribution in [0.2, 0.25) is 0 Å². The van der Waals surface area contributed by atoms with E-state index in [2.05, 4.69) is 10.2 Å². The van der Waals surface area contributed by atoms with Crippen molar-refractivity contribution in [3.63, 3.8) is 0 Å². The normalized spacial score (nSPS) is 16.7. The van der Waals surface area contributed by atoms with Crippen LogP contribution in [0.4, 0.5) is 24.5 Å². The van der Waals surface area contributed by atoms with Crippen molar-refractivity contribution in [2.45, 2.75) is 51.7 Å². The van der Waals surface area contributed by atoms with Gasteiger partial charge >= 0.3 is 6.18 Å². The summed E-state index contributed by atoms with van der Waals surface area (Å²) >= 11 is 0. The molecule has 1 amide bonds. The molecule has 1 heterocycles. The highest BCUT2D eigenvalue weighted by molar-refractivity contribution is 5.95. The molecular formula is C19H28F3N3O. The van der Waals surface area contributed by atoms with Gasteiger partial charge in [-0.05, 0) is 57.9 Å². The molecule has 0 radical (unpaired) electrons. The minimum absolute atomic E-state index is 0.144. The number of halogens is 3. The van der Waals surface area contributed by atoms with Crippen LogP contribution in [0.1, 0.15) is 45.1 Å². The molecule has 1 aliphatic heterocycles. The summed E-state index contributed by atoms with van der Waals surface area (Å²) in [5.41, 5.74) is 0.158. The zero-order valence-corrected chi connectivity index (χ0v) is 15.7. The Morgan fingerprint density at radius 1 is 1.27 bits per heavy atom. The Kier molecular flexibility index (Phi) is 6.92. The summed E-state index contributed by atoms with van der Waals surface area (Å²) < 4.78 is 39.3. The number of piperidine rings is 1. The molecule has 0 bridgehead atoms. The number of hydrogen-bond donors (Lipinski definition) is 1. The summed E-state index contributed by atoms with van der Waals surface area (Å²) in [5, 5.41) is 2.71. The molecule has 1 aromatic rings. The van der Waals surface area contributed by atoms with Crippen molar-refractivity contribution in [3.8, 4) is 0 Å². The Morgan fingerprint density at radius 2 is 1.92 bits per heavy atom. The van der Waals surface area contributed by atoms with Crippen LogP contribution in [0, 0.1) is 0 Å². The van der Waals surface area contributed by atoms with Gasteiger partial charge in [0.25, 0.3) is 0 Å². The van der Waals surface area contributed by atoms with E-state index in [0.717, 1.165) is 50.9 Å². The van der Waals surface area contributed by atoms with E-state index in [1.54, 1.807) is 0 Å². The summed E-state index contributed by atoms with van der Waals surface area (Å²) in [7, 11) is 1.84. The smallest absolute Gasteiger partial charge is 0.370 e. The minimum Gasteiger partial charge on any atom is -0.370 e. The first-order valence-electron chi connectivity index (χ1n) is 9.18. The molecular weight excluding hydrogens is 343 g/mol. The Balaban J connectivity index is 2.23. The maximum Gasteiger partial charge on any atom is 0.416 e. The second-order valence-corrected chi connectivity index (χ2v) is 7.00. The van der Waals surface area contributed by atoms with Gasteiger partial charge in [-0.25, -0.2) is 0 Å². The van der Waals surface area contributed by atoms with Gasteiger partial charge in [-0.1, -0.05) is 6.92 Å². The van der Waals surface area contributed by atoms with E-state index in [-0.39, 0.29) is 24.2 Å². The van der Waals surface area contributed by atoms with Crippen molar-refractivity contribution in [2.24, 2.45) is 0 Å². The lowest BCUT2D eigenvalue weighted by molar-refractivity contribution is -0.137. The number of nitrogens with zero attached hydrogens (tertiary/aromatic N) is 2. The number of nitrogens with one attached hydrogen (secondary N) is 1. The Labute approximate surface area is 153 Å². The molecule has 0 saturated carbocycles. The highest BCUT2D eigenvalue weighted by atomic mass is 19.4. The molecule has 1 fully saturated rings. The largest absolute Gasteiger partial charge is 0.416 e.